The third-order valence-electron chi connectivity index (χ3n) is 3.91. The van der Waals surface area contributed by atoms with Gasteiger partial charge in [-0.1, -0.05) is 24.0 Å². The van der Waals surface area contributed by atoms with Crippen LogP contribution >= 0.6 is 24.0 Å². The third-order valence-corrected chi connectivity index (χ3v) is 5.35. The Hall–Kier alpha value is -2.25. The molecule has 0 saturated carbocycles. The summed E-state index contributed by atoms with van der Waals surface area (Å²) in [6, 6.07) is 1.94. The smallest absolute Gasteiger partial charge is 0.251 e. The van der Waals surface area contributed by atoms with Crippen LogP contribution in [-0.4, -0.2) is 67.4 Å². The Morgan fingerprint density at radius 2 is 2.28 bits per heavy atom. The molecule has 130 valence electrons. The minimum absolute atomic E-state index is 0.0357. The number of carbonyl (C=O) groups is 2. The summed E-state index contributed by atoms with van der Waals surface area (Å²) >= 11 is 6.38. The molecule has 3 heterocycles. The molecule has 3 rings (SSSR count). The number of hydrogen-bond donors (Lipinski definition) is 0. The Bertz CT molecular complexity index is 735. The van der Waals surface area contributed by atoms with E-state index in [-0.39, 0.29) is 36.0 Å². The van der Waals surface area contributed by atoms with Gasteiger partial charge < -0.3 is 9.64 Å². The molecule has 2 amide bonds. The van der Waals surface area contributed by atoms with Crippen LogP contribution in [-0.2, 0) is 9.59 Å². The molecular weight excluding hydrogens is 362 g/mol. The number of ether oxygens (including phenoxy) is 1. The maximum Gasteiger partial charge on any atom is 0.251 e. The number of thiocarbonyl (C=S) groups is 1. The van der Waals surface area contributed by atoms with E-state index < -0.39 is 0 Å². The fourth-order valence-electron chi connectivity index (χ4n) is 2.68. The quantitative estimate of drug-likeness (QED) is 0.703. The average Bonchev–Trinajstić information content (AvgIpc) is 2.94. The first kappa shape index (κ1) is 17.6. The number of carbonyl (C=O) groups excluding carboxylic acids is 2. The molecule has 0 aliphatic carbocycles. The molecule has 10 heteroatoms. The number of likely N-dealkylation sites (tertiary alicyclic amines) is 1. The van der Waals surface area contributed by atoms with E-state index in [9.17, 15) is 9.59 Å². The summed E-state index contributed by atoms with van der Waals surface area (Å²) in [4.78, 5) is 35.2. The van der Waals surface area contributed by atoms with Gasteiger partial charge in [0.25, 0.3) is 5.88 Å². The van der Waals surface area contributed by atoms with Crippen molar-refractivity contribution in [2.24, 2.45) is 0 Å². The molecule has 8 nitrogen and oxygen atoms in total. The van der Waals surface area contributed by atoms with Crippen molar-refractivity contribution in [3.05, 3.63) is 18.1 Å². The zero-order valence-corrected chi connectivity index (χ0v) is 14.9. The van der Waals surface area contributed by atoms with Crippen molar-refractivity contribution in [2.75, 3.05) is 25.4 Å². The number of hydrogen-bond acceptors (Lipinski definition) is 8. The van der Waals surface area contributed by atoms with Crippen molar-refractivity contribution in [1.82, 2.24) is 19.8 Å². The van der Waals surface area contributed by atoms with Gasteiger partial charge in [-0.25, -0.2) is 9.97 Å². The van der Waals surface area contributed by atoms with Crippen LogP contribution in [0.15, 0.2) is 12.4 Å². The lowest BCUT2D eigenvalue weighted by atomic mass is 10.1. The van der Waals surface area contributed by atoms with Gasteiger partial charge in [-0.15, -0.1) is 0 Å². The molecule has 2 fully saturated rings. The van der Waals surface area contributed by atoms with E-state index >= 15 is 0 Å². The predicted octanol–water partition coefficient (Wildman–Crippen LogP) is 0.578. The Labute approximate surface area is 154 Å². The normalized spacial score (nSPS) is 20.5. The second-order valence-electron chi connectivity index (χ2n) is 5.58. The SMILES string of the molecule is N#Cc1nccnc1OC1CCCN(C(=O)CN2C(=O)CSC2=S)C1. The zero-order valence-electron chi connectivity index (χ0n) is 13.3. The Balaban J connectivity index is 1.61. The molecule has 1 aromatic rings. The van der Waals surface area contributed by atoms with Crippen molar-refractivity contribution >= 4 is 40.1 Å². The van der Waals surface area contributed by atoms with E-state index in [1.54, 1.807) is 4.90 Å². The van der Waals surface area contributed by atoms with Crippen molar-refractivity contribution in [3.8, 4) is 11.9 Å². The van der Waals surface area contributed by atoms with Gasteiger partial charge >= 0.3 is 0 Å². The highest BCUT2D eigenvalue weighted by molar-refractivity contribution is 8.23. The Kier molecular flexibility index (Phi) is 5.45. The van der Waals surface area contributed by atoms with E-state index in [4.69, 9.17) is 22.2 Å². The summed E-state index contributed by atoms with van der Waals surface area (Å²) in [5.41, 5.74) is 0.121. The third kappa shape index (κ3) is 4.05. The highest BCUT2D eigenvalue weighted by Gasteiger charge is 2.32. The summed E-state index contributed by atoms with van der Waals surface area (Å²) in [5, 5.41) is 9.05. The van der Waals surface area contributed by atoms with Crippen LogP contribution in [0.2, 0.25) is 0 Å². The summed E-state index contributed by atoms with van der Waals surface area (Å²) < 4.78 is 6.22. The fourth-order valence-corrected chi connectivity index (χ4v) is 3.74. The molecule has 0 bridgehead atoms. The van der Waals surface area contributed by atoms with Gasteiger partial charge in [0.05, 0.1) is 12.3 Å². The highest BCUT2D eigenvalue weighted by atomic mass is 32.2. The molecule has 0 aromatic carbocycles. The van der Waals surface area contributed by atoms with Crippen LogP contribution in [0.4, 0.5) is 0 Å². The molecule has 1 aromatic heterocycles. The van der Waals surface area contributed by atoms with Crippen molar-refractivity contribution in [1.29, 1.82) is 5.26 Å². The Morgan fingerprint density at radius 3 is 3.00 bits per heavy atom. The lowest BCUT2D eigenvalue weighted by Gasteiger charge is -2.33. The maximum atomic E-state index is 12.5. The number of thioether (sulfide) groups is 1. The minimum atomic E-state index is -0.267. The molecule has 25 heavy (non-hydrogen) atoms. The van der Waals surface area contributed by atoms with Gasteiger partial charge in [-0.2, -0.15) is 5.26 Å². The molecule has 1 unspecified atom stereocenters. The number of aromatic nitrogens is 2. The van der Waals surface area contributed by atoms with Crippen LogP contribution in [0, 0.1) is 11.3 Å². The van der Waals surface area contributed by atoms with E-state index in [1.165, 1.54) is 29.1 Å². The number of rotatable bonds is 4. The lowest BCUT2D eigenvalue weighted by Crippen LogP contribution is -2.48. The number of nitriles is 1. The van der Waals surface area contributed by atoms with Gasteiger partial charge in [-0.3, -0.25) is 14.5 Å². The zero-order chi connectivity index (χ0) is 17.8. The second-order valence-corrected chi connectivity index (χ2v) is 7.19. The van der Waals surface area contributed by atoms with Gasteiger partial charge in [0.1, 0.15) is 23.0 Å². The second kappa shape index (κ2) is 7.76. The van der Waals surface area contributed by atoms with Gasteiger partial charge in [0.15, 0.2) is 0 Å². The van der Waals surface area contributed by atoms with E-state index in [0.717, 1.165) is 12.8 Å². The van der Waals surface area contributed by atoms with Crippen molar-refractivity contribution in [3.63, 3.8) is 0 Å². The first-order valence-corrected chi connectivity index (χ1v) is 9.10. The van der Waals surface area contributed by atoms with Crippen molar-refractivity contribution < 1.29 is 14.3 Å². The largest absolute Gasteiger partial charge is 0.470 e. The summed E-state index contributed by atoms with van der Waals surface area (Å²) in [6.45, 7) is 0.945. The molecule has 0 radical (unpaired) electrons. The standard InChI is InChI=1S/C15H15N5O3S2/c16-6-11-14(18-4-3-17-11)23-10-2-1-5-19(7-10)12(21)8-20-13(22)9-25-15(20)24/h3-4,10H,1-2,5,7-9H2. The molecule has 0 spiro atoms. The first-order chi connectivity index (χ1) is 12.1. The molecule has 2 aliphatic heterocycles. The molecular formula is C15H15N5O3S2. The van der Waals surface area contributed by atoms with Crippen LogP contribution in [0.5, 0.6) is 5.88 Å². The fraction of sp³-hybridized carbons (Fsp3) is 0.467. The topological polar surface area (TPSA) is 99.4 Å². The van der Waals surface area contributed by atoms with E-state index in [2.05, 4.69) is 9.97 Å². The summed E-state index contributed by atoms with van der Waals surface area (Å²) in [5.74, 6) is 0.177. The highest BCUT2D eigenvalue weighted by Crippen LogP contribution is 2.21. The van der Waals surface area contributed by atoms with Crippen LogP contribution in [0.1, 0.15) is 18.5 Å². The number of nitrogens with zero attached hydrogens (tertiary/aromatic N) is 5. The lowest BCUT2D eigenvalue weighted by molar-refractivity contribution is -0.137. The maximum absolute atomic E-state index is 12.5. The summed E-state index contributed by atoms with van der Waals surface area (Å²) in [7, 11) is 0. The van der Waals surface area contributed by atoms with Gasteiger partial charge in [-0.05, 0) is 12.8 Å². The predicted molar refractivity (Wildman–Crippen MR) is 93.7 cm³/mol. The molecule has 1 atom stereocenters. The van der Waals surface area contributed by atoms with Crippen LogP contribution < -0.4 is 4.74 Å². The number of piperidine rings is 1. The van der Waals surface area contributed by atoms with Gasteiger partial charge in [0.2, 0.25) is 17.5 Å². The van der Waals surface area contributed by atoms with Crippen molar-refractivity contribution in [2.45, 2.75) is 18.9 Å². The van der Waals surface area contributed by atoms with E-state index in [1.807, 2.05) is 6.07 Å². The average molecular weight is 377 g/mol. The molecule has 0 N–H and O–H groups in total. The first-order valence-electron chi connectivity index (χ1n) is 7.71. The van der Waals surface area contributed by atoms with E-state index in [0.29, 0.717) is 23.2 Å². The molecule has 2 saturated heterocycles. The monoisotopic (exact) mass is 377 g/mol. The Morgan fingerprint density at radius 1 is 1.48 bits per heavy atom. The summed E-state index contributed by atoms with van der Waals surface area (Å²) in [6.07, 6.45) is 4.14. The van der Waals surface area contributed by atoms with Crippen LogP contribution in [0.3, 0.4) is 0 Å². The minimum Gasteiger partial charge on any atom is -0.470 e. The number of amides is 2. The van der Waals surface area contributed by atoms with Gasteiger partial charge in [0, 0.05) is 18.9 Å². The molecule has 2 aliphatic rings. The van der Waals surface area contributed by atoms with Crippen LogP contribution in [0.25, 0.3) is 0 Å².